The Morgan fingerprint density at radius 2 is 1.69 bits per heavy atom. The molecule has 0 spiro atoms. The molecule has 0 aromatic heterocycles. The van der Waals surface area contributed by atoms with Gasteiger partial charge in [0.1, 0.15) is 11.4 Å². The number of halogens is 1. The zero-order chi connectivity index (χ0) is 30.1. The monoisotopic (exact) mass is 589 g/mol. The van der Waals surface area contributed by atoms with Crippen molar-refractivity contribution in [2.45, 2.75) is 58.1 Å². The Labute approximate surface area is 253 Å². The van der Waals surface area contributed by atoms with Crippen LogP contribution in [0.5, 0.6) is 5.75 Å². The Morgan fingerprint density at radius 1 is 0.976 bits per heavy atom. The second-order valence-electron chi connectivity index (χ2n) is 11.5. The van der Waals surface area contributed by atoms with E-state index in [1.54, 1.807) is 7.11 Å². The fraction of sp³-hybridized carbons (Fsp3) is 0.382. The molecule has 1 N–H and O–H groups in total. The highest BCUT2D eigenvalue weighted by Crippen LogP contribution is 2.29. The standard InChI is InChI=1S/C34H40ClN3O4/c1-34(2,3)42-33(40)37-23-24-7-5-8-27(21-24)25-16-19-38(20-17-25)31(39)15-18-36-32(26-11-13-29(35)14-12-26)28-9-6-10-30(22-28)41-4/h5-14,21-22,25H,15-20,23H2,1-4H3,(H,37,40). The number of amides is 2. The van der Waals surface area contributed by atoms with Crippen LogP contribution in [0.2, 0.25) is 5.02 Å². The van der Waals surface area contributed by atoms with E-state index in [2.05, 4.69) is 17.4 Å². The molecule has 3 aromatic carbocycles. The number of benzene rings is 3. The molecule has 4 rings (SSSR count). The van der Waals surface area contributed by atoms with E-state index in [4.69, 9.17) is 26.1 Å². The number of nitrogens with zero attached hydrogens (tertiary/aromatic N) is 2. The molecule has 1 aliphatic heterocycles. The summed E-state index contributed by atoms with van der Waals surface area (Å²) in [6, 6.07) is 23.6. The summed E-state index contributed by atoms with van der Waals surface area (Å²) >= 11 is 6.11. The lowest BCUT2D eigenvalue weighted by Crippen LogP contribution is -2.38. The first-order chi connectivity index (χ1) is 20.1. The van der Waals surface area contributed by atoms with Crippen molar-refractivity contribution in [3.63, 3.8) is 0 Å². The maximum atomic E-state index is 13.1. The normalized spacial score (nSPS) is 14.4. The summed E-state index contributed by atoms with van der Waals surface area (Å²) in [5, 5.41) is 3.49. The van der Waals surface area contributed by atoms with E-state index in [1.807, 2.05) is 86.3 Å². The summed E-state index contributed by atoms with van der Waals surface area (Å²) < 4.78 is 10.7. The minimum Gasteiger partial charge on any atom is -0.497 e. The number of rotatable bonds is 9. The predicted octanol–water partition coefficient (Wildman–Crippen LogP) is 7.01. The number of aliphatic imine (C=N–C) groups is 1. The fourth-order valence-corrected chi connectivity index (χ4v) is 5.18. The van der Waals surface area contributed by atoms with Crippen molar-refractivity contribution in [1.82, 2.24) is 10.2 Å². The average Bonchev–Trinajstić information content (AvgIpc) is 2.98. The number of nitrogens with one attached hydrogen (secondary N) is 1. The maximum absolute atomic E-state index is 13.1. The van der Waals surface area contributed by atoms with Crippen LogP contribution in [0, 0.1) is 0 Å². The second kappa shape index (κ2) is 14.4. The predicted molar refractivity (Wildman–Crippen MR) is 168 cm³/mol. The van der Waals surface area contributed by atoms with Gasteiger partial charge in [0.15, 0.2) is 0 Å². The van der Waals surface area contributed by atoms with Gasteiger partial charge in [-0.3, -0.25) is 9.79 Å². The number of hydrogen-bond donors (Lipinski definition) is 1. The van der Waals surface area contributed by atoms with Crippen molar-refractivity contribution in [2.75, 3.05) is 26.7 Å². The fourth-order valence-electron chi connectivity index (χ4n) is 5.06. The largest absolute Gasteiger partial charge is 0.497 e. The minimum atomic E-state index is -0.529. The Bertz CT molecular complexity index is 1390. The maximum Gasteiger partial charge on any atom is 0.407 e. The van der Waals surface area contributed by atoms with E-state index in [9.17, 15) is 9.59 Å². The highest BCUT2D eigenvalue weighted by atomic mass is 35.5. The van der Waals surface area contributed by atoms with Crippen LogP contribution in [-0.2, 0) is 16.1 Å². The van der Waals surface area contributed by atoms with Gasteiger partial charge in [0.05, 0.1) is 12.8 Å². The Balaban J connectivity index is 1.32. The second-order valence-corrected chi connectivity index (χ2v) is 11.9. The van der Waals surface area contributed by atoms with Crippen LogP contribution >= 0.6 is 11.6 Å². The molecular weight excluding hydrogens is 550 g/mol. The lowest BCUT2D eigenvalue weighted by molar-refractivity contribution is -0.132. The summed E-state index contributed by atoms with van der Waals surface area (Å²) in [6.07, 6.45) is 1.72. The molecule has 1 heterocycles. The summed E-state index contributed by atoms with van der Waals surface area (Å²) in [4.78, 5) is 31.9. The first kappa shape index (κ1) is 31.1. The number of carbonyl (C=O) groups excluding carboxylic acids is 2. The van der Waals surface area contributed by atoms with Gasteiger partial charge in [-0.05, 0) is 74.9 Å². The summed E-state index contributed by atoms with van der Waals surface area (Å²) in [6.45, 7) is 7.77. The molecule has 1 fully saturated rings. The van der Waals surface area contributed by atoms with Crippen molar-refractivity contribution >= 4 is 29.3 Å². The van der Waals surface area contributed by atoms with Crippen LogP contribution in [0.25, 0.3) is 0 Å². The Hall–Kier alpha value is -3.84. The zero-order valence-electron chi connectivity index (χ0n) is 24.9. The number of hydrogen-bond acceptors (Lipinski definition) is 5. The van der Waals surface area contributed by atoms with E-state index in [0.717, 1.165) is 41.0 Å². The molecule has 222 valence electrons. The van der Waals surface area contributed by atoms with Crippen molar-refractivity contribution in [1.29, 1.82) is 0 Å². The molecule has 0 atom stereocenters. The van der Waals surface area contributed by atoms with Crippen molar-refractivity contribution in [3.05, 3.63) is 100 Å². The first-order valence-electron chi connectivity index (χ1n) is 14.4. The Kier molecular flexibility index (Phi) is 10.6. The Morgan fingerprint density at radius 3 is 2.38 bits per heavy atom. The van der Waals surface area contributed by atoms with E-state index < -0.39 is 11.7 Å². The molecule has 2 amide bonds. The van der Waals surface area contributed by atoms with Gasteiger partial charge in [0.25, 0.3) is 0 Å². The number of piperidine rings is 1. The molecule has 8 heteroatoms. The van der Waals surface area contributed by atoms with Crippen LogP contribution in [0.3, 0.4) is 0 Å². The molecule has 0 unspecified atom stereocenters. The van der Waals surface area contributed by atoms with E-state index in [1.165, 1.54) is 5.56 Å². The van der Waals surface area contributed by atoms with Crippen LogP contribution in [0.4, 0.5) is 4.79 Å². The van der Waals surface area contributed by atoms with Crippen LogP contribution in [0.1, 0.15) is 68.2 Å². The minimum absolute atomic E-state index is 0.119. The molecule has 42 heavy (non-hydrogen) atoms. The van der Waals surface area contributed by atoms with E-state index >= 15 is 0 Å². The average molecular weight is 590 g/mol. The van der Waals surface area contributed by atoms with Crippen LogP contribution < -0.4 is 10.1 Å². The number of ether oxygens (including phenoxy) is 2. The van der Waals surface area contributed by atoms with Crippen LogP contribution in [-0.4, -0.2) is 55.0 Å². The van der Waals surface area contributed by atoms with Gasteiger partial charge in [-0.25, -0.2) is 4.79 Å². The molecular formula is C34H40ClN3O4. The lowest BCUT2D eigenvalue weighted by Gasteiger charge is -2.32. The van der Waals surface area contributed by atoms with Crippen molar-refractivity contribution < 1.29 is 19.1 Å². The smallest absolute Gasteiger partial charge is 0.407 e. The zero-order valence-corrected chi connectivity index (χ0v) is 25.6. The van der Waals surface area contributed by atoms with Crippen molar-refractivity contribution in [3.8, 4) is 5.75 Å². The number of alkyl carbamates (subject to hydrolysis) is 1. The van der Waals surface area contributed by atoms with Gasteiger partial charge in [0, 0.05) is 48.7 Å². The van der Waals surface area contributed by atoms with Crippen LogP contribution in [0.15, 0.2) is 77.8 Å². The molecule has 0 radical (unpaired) electrons. The van der Waals surface area contributed by atoms with Gasteiger partial charge >= 0.3 is 6.09 Å². The van der Waals surface area contributed by atoms with E-state index in [-0.39, 0.29) is 5.91 Å². The first-order valence-corrected chi connectivity index (χ1v) is 14.8. The highest BCUT2D eigenvalue weighted by Gasteiger charge is 2.24. The topological polar surface area (TPSA) is 80.2 Å². The number of carbonyl (C=O) groups is 2. The van der Waals surface area contributed by atoms with E-state index in [0.29, 0.717) is 43.5 Å². The summed E-state index contributed by atoms with van der Waals surface area (Å²) in [7, 11) is 1.64. The lowest BCUT2D eigenvalue weighted by atomic mass is 9.88. The van der Waals surface area contributed by atoms with Gasteiger partial charge in [-0.1, -0.05) is 60.1 Å². The molecule has 0 aliphatic carbocycles. The third kappa shape index (κ3) is 9.08. The molecule has 3 aromatic rings. The SMILES string of the molecule is COc1cccc(C(=NCCC(=O)N2CCC(c3cccc(CNC(=O)OC(C)(C)C)c3)CC2)c2ccc(Cl)cc2)c1. The molecule has 1 saturated heterocycles. The molecule has 0 saturated carbocycles. The van der Waals surface area contributed by atoms with Crippen molar-refractivity contribution in [2.24, 2.45) is 4.99 Å². The third-order valence-electron chi connectivity index (χ3n) is 7.16. The summed E-state index contributed by atoms with van der Waals surface area (Å²) in [5.41, 5.74) is 4.40. The van der Waals surface area contributed by atoms with Gasteiger partial charge in [-0.2, -0.15) is 0 Å². The quantitative estimate of drug-likeness (QED) is 0.272. The molecule has 0 bridgehead atoms. The third-order valence-corrected chi connectivity index (χ3v) is 7.41. The highest BCUT2D eigenvalue weighted by molar-refractivity contribution is 6.30. The molecule has 1 aliphatic rings. The van der Waals surface area contributed by atoms with Gasteiger partial charge in [-0.15, -0.1) is 0 Å². The summed E-state index contributed by atoms with van der Waals surface area (Å²) in [5.74, 6) is 1.24. The number of methoxy groups -OCH3 is 1. The number of likely N-dealkylation sites (tertiary alicyclic amines) is 1. The molecule has 7 nitrogen and oxygen atoms in total. The van der Waals surface area contributed by atoms with Gasteiger partial charge in [0.2, 0.25) is 5.91 Å². The van der Waals surface area contributed by atoms with Gasteiger partial charge < -0.3 is 19.7 Å².